The average Bonchev–Trinajstić information content (AvgIpc) is 3.24. The Hall–Kier alpha value is -2.35. The zero-order valence-electron chi connectivity index (χ0n) is 14.2. The summed E-state index contributed by atoms with van der Waals surface area (Å²) in [6, 6.07) is 3.83. The number of nitrogens with zero attached hydrogens (tertiary/aromatic N) is 5. The van der Waals surface area contributed by atoms with E-state index in [1.54, 1.807) is 6.26 Å². The Morgan fingerprint density at radius 1 is 1.25 bits per heavy atom. The monoisotopic (exact) mass is 332 g/mol. The summed E-state index contributed by atoms with van der Waals surface area (Å²) in [5.74, 6) is 1.79. The zero-order valence-corrected chi connectivity index (χ0v) is 14.2. The van der Waals surface area contributed by atoms with E-state index in [-0.39, 0.29) is 0 Å². The molecule has 8 heteroatoms. The summed E-state index contributed by atoms with van der Waals surface area (Å²) < 4.78 is 9.99. The van der Waals surface area contributed by atoms with Crippen LogP contribution in [0, 0.1) is 6.92 Å². The molecule has 0 atom stereocenters. The molecule has 3 heterocycles. The van der Waals surface area contributed by atoms with Crippen molar-refractivity contribution in [2.75, 3.05) is 32.7 Å². The van der Waals surface area contributed by atoms with Gasteiger partial charge in [0.2, 0.25) is 0 Å². The molecule has 24 heavy (non-hydrogen) atoms. The largest absolute Gasteiger partial charge is 0.364 e. The number of piperazine rings is 1. The molecule has 8 nitrogen and oxygen atoms in total. The molecule has 0 spiro atoms. The fourth-order valence-corrected chi connectivity index (χ4v) is 2.74. The smallest absolute Gasteiger partial charge is 0.194 e. The van der Waals surface area contributed by atoms with E-state index in [4.69, 9.17) is 9.05 Å². The third-order valence-corrected chi connectivity index (χ3v) is 3.95. The molecule has 0 aromatic carbocycles. The summed E-state index contributed by atoms with van der Waals surface area (Å²) in [6.07, 6.45) is 1.57. The molecule has 0 radical (unpaired) electrons. The topological polar surface area (TPSA) is 82.9 Å². The van der Waals surface area contributed by atoms with Crippen LogP contribution in [-0.2, 0) is 13.1 Å². The van der Waals surface area contributed by atoms with Crippen LogP contribution in [0.5, 0.6) is 0 Å². The molecule has 1 N–H and O–H groups in total. The number of nitrogens with one attached hydrogen (secondary N) is 1. The summed E-state index contributed by atoms with van der Waals surface area (Å²) >= 11 is 0. The van der Waals surface area contributed by atoms with Crippen molar-refractivity contribution in [1.82, 2.24) is 25.4 Å². The average molecular weight is 332 g/mol. The Morgan fingerprint density at radius 2 is 2.08 bits per heavy atom. The molecule has 1 fully saturated rings. The van der Waals surface area contributed by atoms with E-state index >= 15 is 0 Å². The standard InChI is InChI=1S/C16H24N6O2/c1-3-17-16(18-11-14-4-9-23-19-14)22-7-5-21(6-8-22)12-15-10-13(2)24-20-15/h4,9-10H,3,5-8,11-12H2,1-2H3,(H,17,18). The van der Waals surface area contributed by atoms with Crippen molar-refractivity contribution in [2.24, 2.45) is 4.99 Å². The van der Waals surface area contributed by atoms with Crippen LogP contribution in [0.1, 0.15) is 24.1 Å². The van der Waals surface area contributed by atoms with Crippen LogP contribution in [-0.4, -0.2) is 58.8 Å². The Morgan fingerprint density at radius 3 is 2.71 bits per heavy atom. The molecule has 1 saturated heterocycles. The van der Waals surface area contributed by atoms with Crippen LogP contribution in [0.15, 0.2) is 32.4 Å². The maximum absolute atomic E-state index is 5.13. The molecule has 0 bridgehead atoms. The lowest BCUT2D eigenvalue weighted by Gasteiger charge is -2.36. The number of aliphatic imine (C=N–C) groups is 1. The first-order valence-corrected chi connectivity index (χ1v) is 8.31. The van der Waals surface area contributed by atoms with Gasteiger partial charge in [-0.1, -0.05) is 10.3 Å². The van der Waals surface area contributed by atoms with Gasteiger partial charge in [0.25, 0.3) is 0 Å². The van der Waals surface area contributed by atoms with Gasteiger partial charge in [-0.15, -0.1) is 0 Å². The number of hydrogen-bond acceptors (Lipinski definition) is 6. The maximum atomic E-state index is 5.13. The highest BCUT2D eigenvalue weighted by Crippen LogP contribution is 2.09. The van der Waals surface area contributed by atoms with Gasteiger partial charge in [0, 0.05) is 51.4 Å². The second-order valence-corrected chi connectivity index (χ2v) is 5.85. The predicted octanol–water partition coefficient (Wildman–Crippen LogP) is 1.25. The van der Waals surface area contributed by atoms with Gasteiger partial charge in [-0.25, -0.2) is 4.99 Å². The van der Waals surface area contributed by atoms with Crippen molar-refractivity contribution in [3.8, 4) is 0 Å². The van der Waals surface area contributed by atoms with Crippen LogP contribution in [0.3, 0.4) is 0 Å². The fourth-order valence-electron chi connectivity index (χ4n) is 2.74. The van der Waals surface area contributed by atoms with Crippen molar-refractivity contribution in [1.29, 1.82) is 0 Å². The Kier molecular flexibility index (Phi) is 5.47. The number of guanidine groups is 1. The third kappa shape index (κ3) is 4.35. The van der Waals surface area contributed by atoms with Gasteiger partial charge in [-0.2, -0.15) is 0 Å². The third-order valence-electron chi connectivity index (χ3n) is 3.95. The molecular weight excluding hydrogens is 308 g/mol. The summed E-state index contributed by atoms with van der Waals surface area (Å²) in [4.78, 5) is 9.32. The van der Waals surface area contributed by atoms with Crippen LogP contribution >= 0.6 is 0 Å². The quantitative estimate of drug-likeness (QED) is 0.652. The first kappa shape index (κ1) is 16.5. The van der Waals surface area contributed by atoms with E-state index in [1.807, 2.05) is 19.1 Å². The highest BCUT2D eigenvalue weighted by Gasteiger charge is 2.20. The minimum atomic E-state index is 0.525. The van der Waals surface area contributed by atoms with E-state index < -0.39 is 0 Å². The maximum Gasteiger partial charge on any atom is 0.194 e. The molecule has 1 aliphatic heterocycles. The molecule has 130 valence electrons. The lowest BCUT2D eigenvalue weighted by molar-refractivity contribution is 0.169. The molecular formula is C16H24N6O2. The normalized spacial score (nSPS) is 16.6. The van der Waals surface area contributed by atoms with Gasteiger partial charge >= 0.3 is 0 Å². The lowest BCUT2D eigenvalue weighted by Crippen LogP contribution is -2.52. The highest BCUT2D eigenvalue weighted by molar-refractivity contribution is 5.80. The summed E-state index contributed by atoms with van der Waals surface area (Å²) in [5.41, 5.74) is 1.83. The van der Waals surface area contributed by atoms with Crippen molar-refractivity contribution >= 4 is 5.96 Å². The minimum absolute atomic E-state index is 0.525. The van der Waals surface area contributed by atoms with Gasteiger partial charge in [0.05, 0.1) is 12.2 Å². The van der Waals surface area contributed by atoms with Gasteiger partial charge in [-0.05, 0) is 13.8 Å². The highest BCUT2D eigenvalue weighted by atomic mass is 16.5. The minimum Gasteiger partial charge on any atom is -0.364 e. The van der Waals surface area contributed by atoms with E-state index in [9.17, 15) is 0 Å². The van der Waals surface area contributed by atoms with Crippen LogP contribution in [0.2, 0.25) is 0 Å². The van der Waals surface area contributed by atoms with Crippen molar-refractivity contribution < 1.29 is 9.05 Å². The SMILES string of the molecule is CCNC(=NCc1ccon1)N1CCN(Cc2cc(C)on2)CC1. The number of aryl methyl sites for hydroxylation is 1. The van der Waals surface area contributed by atoms with Gasteiger partial charge in [0.1, 0.15) is 17.7 Å². The lowest BCUT2D eigenvalue weighted by atomic mass is 10.3. The Labute approximate surface area is 141 Å². The first-order chi connectivity index (χ1) is 11.7. The van der Waals surface area contributed by atoms with Crippen molar-refractivity contribution in [2.45, 2.75) is 26.9 Å². The fraction of sp³-hybridized carbons (Fsp3) is 0.562. The molecule has 0 saturated carbocycles. The predicted molar refractivity (Wildman–Crippen MR) is 89.4 cm³/mol. The van der Waals surface area contributed by atoms with E-state index in [2.05, 4.69) is 37.3 Å². The molecule has 0 amide bonds. The van der Waals surface area contributed by atoms with Crippen LogP contribution in [0.25, 0.3) is 0 Å². The van der Waals surface area contributed by atoms with E-state index in [0.29, 0.717) is 6.54 Å². The second kappa shape index (κ2) is 7.96. The van der Waals surface area contributed by atoms with Gasteiger partial charge in [0.15, 0.2) is 5.96 Å². The van der Waals surface area contributed by atoms with Crippen molar-refractivity contribution in [3.63, 3.8) is 0 Å². The van der Waals surface area contributed by atoms with E-state index in [0.717, 1.165) is 62.4 Å². The molecule has 0 unspecified atom stereocenters. The van der Waals surface area contributed by atoms with Gasteiger partial charge in [-0.3, -0.25) is 4.90 Å². The summed E-state index contributed by atoms with van der Waals surface area (Å²) in [6.45, 7) is 10.0. The Bertz CT molecular complexity index is 643. The zero-order chi connectivity index (χ0) is 16.8. The molecule has 1 aliphatic rings. The Balaban J connectivity index is 1.53. The number of rotatable bonds is 5. The molecule has 2 aromatic heterocycles. The van der Waals surface area contributed by atoms with Crippen LogP contribution < -0.4 is 5.32 Å². The first-order valence-electron chi connectivity index (χ1n) is 8.31. The molecule has 0 aliphatic carbocycles. The van der Waals surface area contributed by atoms with Gasteiger partial charge < -0.3 is 19.3 Å². The summed E-state index contributed by atoms with van der Waals surface area (Å²) in [7, 11) is 0. The van der Waals surface area contributed by atoms with Crippen molar-refractivity contribution in [3.05, 3.63) is 35.5 Å². The van der Waals surface area contributed by atoms with Crippen LogP contribution in [0.4, 0.5) is 0 Å². The molecule has 2 aromatic rings. The van der Waals surface area contributed by atoms with E-state index in [1.165, 1.54) is 0 Å². The number of hydrogen-bond donors (Lipinski definition) is 1. The number of aromatic nitrogens is 2. The molecule has 3 rings (SSSR count). The second-order valence-electron chi connectivity index (χ2n) is 5.85. The summed E-state index contributed by atoms with van der Waals surface area (Å²) in [5, 5.41) is 11.3.